The number of benzene rings is 1. The maximum absolute atomic E-state index is 13.4. The summed E-state index contributed by atoms with van der Waals surface area (Å²) in [6.45, 7) is 0. The minimum absolute atomic E-state index is 0.317. The van der Waals surface area contributed by atoms with Crippen LogP contribution in [0, 0.1) is 5.82 Å². The number of halogens is 1. The van der Waals surface area contributed by atoms with Crippen LogP contribution in [0.5, 0.6) is 5.75 Å². The van der Waals surface area contributed by atoms with Crippen molar-refractivity contribution in [3.05, 3.63) is 48.5 Å². The van der Waals surface area contributed by atoms with Gasteiger partial charge in [-0.3, -0.25) is 4.98 Å². The molecule has 1 aromatic carbocycles. The second-order valence-corrected chi connectivity index (χ2v) is 3.08. The molecule has 1 heterocycles. The molecule has 0 atom stereocenters. The molecule has 0 saturated carbocycles. The fraction of sp³-hybridized carbons (Fsp3) is 0.0833. The number of hydrogen-bond donors (Lipinski definition) is 0. The maximum atomic E-state index is 13.4. The van der Waals surface area contributed by atoms with Gasteiger partial charge in [-0.05, 0) is 23.8 Å². The Morgan fingerprint density at radius 1 is 1.13 bits per heavy atom. The van der Waals surface area contributed by atoms with E-state index in [2.05, 4.69) is 4.98 Å². The zero-order valence-electron chi connectivity index (χ0n) is 8.27. The van der Waals surface area contributed by atoms with Gasteiger partial charge in [-0.25, -0.2) is 4.39 Å². The number of methoxy groups -OCH3 is 1. The Morgan fingerprint density at radius 2 is 1.87 bits per heavy atom. The number of rotatable bonds is 2. The molecule has 15 heavy (non-hydrogen) atoms. The highest BCUT2D eigenvalue weighted by Gasteiger charge is 2.03. The van der Waals surface area contributed by atoms with Crippen molar-refractivity contribution >= 4 is 0 Å². The van der Waals surface area contributed by atoms with Crippen molar-refractivity contribution in [3.63, 3.8) is 0 Å². The van der Waals surface area contributed by atoms with E-state index in [1.54, 1.807) is 31.5 Å². The van der Waals surface area contributed by atoms with Crippen LogP contribution in [-0.4, -0.2) is 12.1 Å². The van der Waals surface area contributed by atoms with Crippen molar-refractivity contribution in [2.45, 2.75) is 0 Å². The first-order valence-corrected chi connectivity index (χ1v) is 4.55. The van der Waals surface area contributed by atoms with Crippen LogP contribution in [0.15, 0.2) is 42.7 Å². The molecule has 0 aliphatic rings. The molecule has 0 saturated heterocycles. The fourth-order valence-electron chi connectivity index (χ4n) is 1.38. The van der Waals surface area contributed by atoms with Crippen LogP contribution in [0.25, 0.3) is 11.1 Å². The Balaban J connectivity index is 2.42. The Morgan fingerprint density at radius 3 is 2.47 bits per heavy atom. The molecule has 2 nitrogen and oxygen atoms in total. The van der Waals surface area contributed by atoms with Crippen LogP contribution in [0.4, 0.5) is 4.39 Å². The predicted molar refractivity (Wildman–Crippen MR) is 56.2 cm³/mol. The summed E-state index contributed by atoms with van der Waals surface area (Å²) in [6.07, 6.45) is 2.78. The van der Waals surface area contributed by atoms with Crippen LogP contribution >= 0.6 is 0 Å². The number of aromatic nitrogens is 1. The van der Waals surface area contributed by atoms with Gasteiger partial charge in [0.05, 0.1) is 13.3 Å². The molecular formula is C12H10FNO. The molecule has 0 spiro atoms. The second kappa shape index (κ2) is 4.09. The predicted octanol–water partition coefficient (Wildman–Crippen LogP) is 2.90. The Labute approximate surface area is 87.4 Å². The van der Waals surface area contributed by atoms with E-state index in [1.807, 2.05) is 12.1 Å². The maximum Gasteiger partial charge on any atom is 0.149 e. The van der Waals surface area contributed by atoms with Gasteiger partial charge in [0.25, 0.3) is 0 Å². The van der Waals surface area contributed by atoms with Gasteiger partial charge in [0, 0.05) is 11.8 Å². The van der Waals surface area contributed by atoms with E-state index in [1.165, 1.54) is 6.20 Å². The zero-order chi connectivity index (χ0) is 10.7. The van der Waals surface area contributed by atoms with Crippen molar-refractivity contribution in [3.8, 4) is 16.9 Å². The topological polar surface area (TPSA) is 22.1 Å². The third kappa shape index (κ3) is 1.96. The Kier molecular flexibility index (Phi) is 2.63. The van der Waals surface area contributed by atoms with Crippen LogP contribution < -0.4 is 4.74 Å². The van der Waals surface area contributed by atoms with Crippen molar-refractivity contribution in [1.29, 1.82) is 0 Å². The third-order valence-corrected chi connectivity index (χ3v) is 2.17. The SMILES string of the molecule is COc1ccc(-c2ccncc2F)cc1. The highest BCUT2D eigenvalue weighted by molar-refractivity contribution is 5.64. The first kappa shape index (κ1) is 9.65. The number of hydrogen-bond acceptors (Lipinski definition) is 2. The van der Waals surface area contributed by atoms with Gasteiger partial charge in [-0.1, -0.05) is 12.1 Å². The molecule has 0 N–H and O–H groups in total. The van der Waals surface area contributed by atoms with Crippen LogP contribution in [-0.2, 0) is 0 Å². The van der Waals surface area contributed by atoms with Crippen molar-refractivity contribution in [1.82, 2.24) is 4.98 Å². The summed E-state index contributed by atoms with van der Waals surface area (Å²) < 4.78 is 18.4. The first-order chi connectivity index (χ1) is 7.31. The van der Waals surface area contributed by atoms with E-state index < -0.39 is 0 Å². The quantitative estimate of drug-likeness (QED) is 0.748. The normalized spacial score (nSPS) is 10.0. The average molecular weight is 203 g/mol. The number of pyridine rings is 1. The lowest BCUT2D eigenvalue weighted by atomic mass is 10.1. The molecule has 3 heteroatoms. The van der Waals surface area contributed by atoms with Gasteiger partial charge < -0.3 is 4.74 Å². The molecular weight excluding hydrogens is 193 g/mol. The van der Waals surface area contributed by atoms with E-state index in [-0.39, 0.29) is 5.82 Å². The van der Waals surface area contributed by atoms with Gasteiger partial charge in [-0.15, -0.1) is 0 Å². The molecule has 0 unspecified atom stereocenters. The smallest absolute Gasteiger partial charge is 0.149 e. The molecule has 0 amide bonds. The molecule has 0 aliphatic heterocycles. The fourth-order valence-corrected chi connectivity index (χ4v) is 1.38. The van der Waals surface area contributed by atoms with Gasteiger partial charge in [0.1, 0.15) is 11.6 Å². The summed E-state index contributed by atoms with van der Waals surface area (Å²) >= 11 is 0. The third-order valence-electron chi connectivity index (χ3n) is 2.17. The zero-order valence-corrected chi connectivity index (χ0v) is 8.27. The number of ether oxygens (including phenoxy) is 1. The largest absolute Gasteiger partial charge is 0.497 e. The summed E-state index contributed by atoms with van der Waals surface area (Å²) in [5.41, 5.74) is 1.36. The molecule has 76 valence electrons. The van der Waals surface area contributed by atoms with Gasteiger partial charge in [0.2, 0.25) is 0 Å². The highest BCUT2D eigenvalue weighted by Crippen LogP contribution is 2.23. The van der Waals surface area contributed by atoms with E-state index in [0.717, 1.165) is 11.3 Å². The molecule has 0 radical (unpaired) electrons. The minimum atomic E-state index is -0.317. The molecule has 1 aromatic heterocycles. The molecule has 0 bridgehead atoms. The van der Waals surface area contributed by atoms with E-state index in [4.69, 9.17) is 4.74 Å². The molecule has 0 aliphatic carbocycles. The number of nitrogens with zero attached hydrogens (tertiary/aromatic N) is 1. The lowest BCUT2D eigenvalue weighted by molar-refractivity contribution is 0.415. The second-order valence-electron chi connectivity index (χ2n) is 3.08. The van der Waals surface area contributed by atoms with Crippen LogP contribution in [0.1, 0.15) is 0 Å². The molecule has 2 aromatic rings. The van der Waals surface area contributed by atoms with Crippen molar-refractivity contribution < 1.29 is 9.13 Å². The van der Waals surface area contributed by atoms with Gasteiger partial charge in [-0.2, -0.15) is 0 Å². The lowest BCUT2D eigenvalue weighted by Gasteiger charge is -2.04. The van der Waals surface area contributed by atoms with E-state index in [0.29, 0.717) is 5.56 Å². The minimum Gasteiger partial charge on any atom is -0.497 e. The molecule has 0 fully saturated rings. The van der Waals surface area contributed by atoms with Gasteiger partial charge in [0.15, 0.2) is 0 Å². The highest BCUT2D eigenvalue weighted by atomic mass is 19.1. The van der Waals surface area contributed by atoms with Crippen LogP contribution in [0.3, 0.4) is 0 Å². The van der Waals surface area contributed by atoms with Crippen molar-refractivity contribution in [2.75, 3.05) is 7.11 Å². The standard InChI is InChI=1S/C12H10FNO/c1-15-10-4-2-9(3-5-10)11-6-7-14-8-12(11)13/h2-8H,1H3. The van der Waals surface area contributed by atoms with Gasteiger partial charge >= 0.3 is 0 Å². The summed E-state index contributed by atoms with van der Waals surface area (Å²) in [4.78, 5) is 3.70. The summed E-state index contributed by atoms with van der Waals surface area (Å²) in [5.74, 6) is 0.441. The van der Waals surface area contributed by atoms with Crippen molar-refractivity contribution in [2.24, 2.45) is 0 Å². The lowest BCUT2D eigenvalue weighted by Crippen LogP contribution is -1.86. The first-order valence-electron chi connectivity index (χ1n) is 4.55. The Hall–Kier alpha value is -1.90. The monoisotopic (exact) mass is 203 g/mol. The summed E-state index contributed by atoms with van der Waals surface area (Å²) in [5, 5.41) is 0. The average Bonchev–Trinajstić information content (AvgIpc) is 2.30. The summed E-state index contributed by atoms with van der Waals surface area (Å²) in [7, 11) is 1.60. The molecule has 2 rings (SSSR count). The van der Waals surface area contributed by atoms with E-state index in [9.17, 15) is 4.39 Å². The van der Waals surface area contributed by atoms with E-state index >= 15 is 0 Å². The Bertz CT molecular complexity index is 453. The summed E-state index contributed by atoms with van der Waals surface area (Å²) in [6, 6.07) is 8.88. The van der Waals surface area contributed by atoms with Crippen LogP contribution in [0.2, 0.25) is 0 Å².